The molecule has 2 aromatic carbocycles. The molecule has 0 fully saturated rings. The predicted octanol–water partition coefficient (Wildman–Crippen LogP) is 4.99. The fraction of sp³-hybridized carbons (Fsp3) is 0. The van der Waals surface area contributed by atoms with Crippen LogP contribution in [0.1, 0.15) is 15.9 Å². The average molecular weight is 467 g/mol. The number of nitrogens with zero attached hydrogens (tertiary/aromatic N) is 1. The van der Waals surface area contributed by atoms with Gasteiger partial charge in [0, 0.05) is 25.1 Å². The predicted molar refractivity (Wildman–Crippen MR) is 95.0 cm³/mol. The van der Waals surface area contributed by atoms with Gasteiger partial charge in [-0.25, -0.2) is 5.43 Å². The second-order valence-electron chi connectivity index (χ2n) is 4.15. The molecule has 0 saturated carbocycles. The third-order valence-corrected chi connectivity index (χ3v) is 5.00. The van der Waals surface area contributed by atoms with E-state index in [9.17, 15) is 9.90 Å². The van der Waals surface area contributed by atoms with E-state index in [0.717, 1.165) is 8.95 Å². The van der Waals surface area contributed by atoms with Crippen LogP contribution < -0.4 is 5.43 Å². The van der Waals surface area contributed by atoms with Gasteiger partial charge in [0.1, 0.15) is 5.75 Å². The Morgan fingerprint density at radius 3 is 2.59 bits per heavy atom. The Kier molecular flexibility index (Phi) is 5.86. The summed E-state index contributed by atoms with van der Waals surface area (Å²) in [6.07, 6.45) is 1.26. The summed E-state index contributed by atoms with van der Waals surface area (Å²) in [6, 6.07) is 7.93. The van der Waals surface area contributed by atoms with Gasteiger partial charge in [0.05, 0.1) is 11.2 Å². The van der Waals surface area contributed by atoms with Crippen molar-refractivity contribution in [2.24, 2.45) is 5.10 Å². The fourth-order valence-electron chi connectivity index (χ4n) is 1.55. The Hall–Kier alpha value is -1.08. The number of carbonyl (C=O) groups is 1. The van der Waals surface area contributed by atoms with Gasteiger partial charge in [-0.3, -0.25) is 4.79 Å². The topological polar surface area (TPSA) is 61.7 Å². The van der Waals surface area contributed by atoms with Crippen LogP contribution in [-0.2, 0) is 0 Å². The van der Waals surface area contributed by atoms with Gasteiger partial charge < -0.3 is 5.11 Å². The van der Waals surface area contributed by atoms with Gasteiger partial charge in [0.25, 0.3) is 5.91 Å². The summed E-state index contributed by atoms with van der Waals surface area (Å²) >= 11 is 18.3. The zero-order chi connectivity index (χ0) is 16.3. The Labute approximate surface area is 153 Å². The van der Waals surface area contributed by atoms with Crippen molar-refractivity contribution in [3.05, 3.63) is 60.4 Å². The fourth-order valence-corrected chi connectivity index (χ4v) is 2.68. The number of hydrogen-bond acceptors (Lipinski definition) is 3. The lowest BCUT2D eigenvalue weighted by atomic mass is 10.2. The molecule has 0 unspecified atom stereocenters. The van der Waals surface area contributed by atoms with Crippen molar-refractivity contribution in [1.82, 2.24) is 5.43 Å². The summed E-state index contributed by atoms with van der Waals surface area (Å²) in [5.74, 6) is -0.549. The molecule has 0 heterocycles. The molecule has 1 amide bonds. The second kappa shape index (κ2) is 7.46. The van der Waals surface area contributed by atoms with Crippen molar-refractivity contribution < 1.29 is 9.90 Å². The zero-order valence-electron chi connectivity index (χ0n) is 10.8. The Balaban J connectivity index is 2.12. The van der Waals surface area contributed by atoms with E-state index in [-0.39, 0.29) is 10.8 Å². The minimum Gasteiger partial charge on any atom is -0.506 e. The monoisotopic (exact) mass is 464 g/mol. The number of amides is 1. The molecule has 114 valence electrons. The first-order valence-electron chi connectivity index (χ1n) is 5.85. The highest BCUT2D eigenvalue weighted by Crippen LogP contribution is 2.30. The molecular weight excluding hydrogens is 459 g/mol. The molecule has 0 radical (unpaired) electrons. The highest BCUT2D eigenvalue weighted by molar-refractivity contribution is 9.13. The number of phenolic OH excluding ortho intramolecular Hbond substituents is 1. The first-order valence-corrected chi connectivity index (χ1v) is 8.19. The van der Waals surface area contributed by atoms with Gasteiger partial charge >= 0.3 is 0 Å². The summed E-state index contributed by atoms with van der Waals surface area (Å²) in [5, 5.41) is 14.0. The van der Waals surface area contributed by atoms with E-state index in [1.165, 1.54) is 18.3 Å². The van der Waals surface area contributed by atoms with Crippen LogP contribution in [-0.4, -0.2) is 17.2 Å². The highest BCUT2D eigenvalue weighted by Gasteiger charge is 2.08. The van der Waals surface area contributed by atoms with E-state index in [1.807, 2.05) is 0 Å². The van der Waals surface area contributed by atoms with E-state index in [1.54, 1.807) is 18.2 Å². The maximum absolute atomic E-state index is 11.9. The molecule has 22 heavy (non-hydrogen) atoms. The summed E-state index contributed by atoms with van der Waals surface area (Å²) in [4.78, 5) is 11.9. The molecule has 2 N–H and O–H groups in total. The Morgan fingerprint density at radius 2 is 1.91 bits per heavy atom. The lowest BCUT2D eigenvalue weighted by Gasteiger charge is -2.04. The maximum Gasteiger partial charge on any atom is 0.271 e. The molecule has 0 aliphatic carbocycles. The number of hydrogen-bond donors (Lipinski definition) is 2. The molecule has 0 bridgehead atoms. The van der Waals surface area contributed by atoms with E-state index >= 15 is 0 Å². The normalized spacial score (nSPS) is 10.9. The summed E-state index contributed by atoms with van der Waals surface area (Å²) < 4.78 is 1.59. The quantitative estimate of drug-likeness (QED) is 0.494. The Bertz CT molecular complexity index is 767. The average Bonchev–Trinajstić information content (AvgIpc) is 2.46. The number of phenols is 1. The third kappa shape index (κ3) is 4.23. The van der Waals surface area contributed by atoms with Crippen LogP contribution in [0.15, 0.2) is 44.4 Å². The third-order valence-electron chi connectivity index (χ3n) is 2.61. The molecule has 0 atom stereocenters. The minimum absolute atomic E-state index is 0.108. The number of aromatic hydroxyl groups is 1. The molecule has 8 heteroatoms. The van der Waals surface area contributed by atoms with E-state index in [4.69, 9.17) is 23.2 Å². The summed E-state index contributed by atoms with van der Waals surface area (Å²) in [6.45, 7) is 0. The molecule has 0 aliphatic rings. The van der Waals surface area contributed by atoms with E-state index in [2.05, 4.69) is 42.4 Å². The van der Waals surface area contributed by atoms with Crippen molar-refractivity contribution in [2.75, 3.05) is 0 Å². The SMILES string of the molecule is O=C(NN=Cc1cc(Cl)cc(Cl)c1O)c1ccc(Br)c(Br)c1. The van der Waals surface area contributed by atoms with E-state index in [0.29, 0.717) is 16.1 Å². The molecule has 0 aromatic heterocycles. The number of rotatable bonds is 3. The number of carbonyl (C=O) groups excluding carboxylic acids is 1. The van der Waals surface area contributed by atoms with Crippen LogP contribution in [0.25, 0.3) is 0 Å². The van der Waals surface area contributed by atoms with Gasteiger partial charge in [0.15, 0.2) is 0 Å². The molecule has 0 aliphatic heterocycles. The van der Waals surface area contributed by atoms with Crippen LogP contribution in [0.4, 0.5) is 0 Å². The molecule has 0 spiro atoms. The number of benzene rings is 2. The molecule has 4 nitrogen and oxygen atoms in total. The van der Waals surface area contributed by atoms with Crippen molar-refractivity contribution in [3.63, 3.8) is 0 Å². The second-order valence-corrected chi connectivity index (χ2v) is 6.71. The van der Waals surface area contributed by atoms with Crippen molar-refractivity contribution in [3.8, 4) is 5.75 Å². The smallest absolute Gasteiger partial charge is 0.271 e. The lowest BCUT2D eigenvalue weighted by molar-refractivity contribution is 0.0955. The van der Waals surface area contributed by atoms with Crippen molar-refractivity contribution in [1.29, 1.82) is 0 Å². The standard InChI is InChI=1S/C14H8Br2Cl2N2O2/c15-10-2-1-7(4-11(10)16)14(22)20-19-6-8-3-9(17)5-12(18)13(8)21/h1-6,21H,(H,20,22). The van der Waals surface area contributed by atoms with E-state index < -0.39 is 5.91 Å². The molecule has 0 saturated heterocycles. The van der Waals surface area contributed by atoms with Gasteiger partial charge in [-0.15, -0.1) is 0 Å². The number of nitrogens with one attached hydrogen (secondary N) is 1. The van der Waals surface area contributed by atoms with Crippen LogP contribution in [0.2, 0.25) is 10.0 Å². The number of hydrazone groups is 1. The van der Waals surface area contributed by atoms with Gasteiger partial charge in [-0.1, -0.05) is 23.2 Å². The van der Waals surface area contributed by atoms with Crippen LogP contribution >= 0.6 is 55.1 Å². The van der Waals surface area contributed by atoms with Gasteiger partial charge in [-0.2, -0.15) is 5.10 Å². The molecule has 2 rings (SSSR count). The summed E-state index contributed by atoms with van der Waals surface area (Å²) in [7, 11) is 0. The van der Waals surface area contributed by atoms with Crippen LogP contribution in [0, 0.1) is 0 Å². The Morgan fingerprint density at radius 1 is 1.18 bits per heavy atom. The van der Waals surface area contributed by atoms with Gasteiger partial charge in [0.2, 0.25) is 0 Å². The highest BCUT2D eigenvalue weighted by atomic mass is 79.9. The molecule has 2 aromatic rings. The zero-order valence-corrected chi connectivity index (χ0v) is 15.5. The minimum atomic E-state index is -0.392. The molecular formula is C14H8Br2Cl2N2O2. The maximum atomic E-state index is 11.9. The summed E-state index contributed by atoms with van der Waals surface area (Å²) in [5.41, 5.74) is 3.09. The van der Waals surface area contributed by atoms with Crippen molar-refractivity contribution >= 4 is 67.2 Å². The first-order chi connectivity index (χ1) is 10.4. The lowest BCUT2D eigenvalue weighted by Crippen LogP contribution is -2.17. The van der Waals surface area contributed by atoms with Crippen molar-refractivity contribution in [2.45, 2.75) is 0 Å². The van der Waals surface area contributed by atoms with Crippen LogP contribution in [0.5, 0.6) is 5.75 Å². The largest absolute Gasteiger partial charge is 0.506 e. The van der Waals surface area contributed by atoms with Crippen LogP contribution in [0.3, 0.4) is 0 Å². The first kappa shape index (κ1) is 17.3. The number of halogens is 4. The van der Waals surface area contributed by atoms with Gasteiger partial charge in [-0.05, 0) is 62.2 Å².